The fourth-order valence-electron chi connectivity index (χ4n) is 4.87. The van der Waals surface area contributed by atoms with Crippen LogP contribution >= 0.6 is 0 Å². The zero-order valence-electron chi connectivity index (χ0n) is 17.8. The summed E-state index contributed by atoms with van der Waals surface area (Å²) in [5, 5.41) is 0. The van der Waals surface area contributed by atoms with Crippen LogP contribution in [0.4, 0.5) is 5.69 Å². The van der Waals surface area contributed by atoms with Crippen LogP contribution < -0.4 is 4.90 Å². The topological polar surface area (TPSA) is 23.6 Å². The molecule has 0 saturated carbocycles. The summed E-state index contributed by atoms with van der Waals surface area (Å²) in [6.45, 7) is 4.62. The third kappa shape index (κ3) is 5.27. The van der Waals surface area contributed by atoms with Gasteiger partial charge in [-0.25, -0.2) is 0 Å². The van der Waals surface area contributed by atoms with Gasteiger partial charge in [0, 0.05) is 37.8 Å². The van der Waals surface area contributed by atoms with Crippen LogP contribution in [0.2, 0.25) is 0 Å². The predicted octanol–water partition coefficient (Wildman–Crippen LogP) is 4.99. The highest BCUT2D eigenvalue weighted by atomic mass is 16.1. The number of benzene rings is 2. The third-order valence-electron chi connectivity index (χ3n) is 6.80. The van der Waals surface area contributed by atoms with Gasteiger partial charge in [-0.15, -0.1) is 0 Å². The molecule has 29 heavy (non-hydrogen) atoms. The summed E-state index contributed by atoms with van der Waals surface area (Å²) >= 11 is 0. The first-order chi connectivity index (χ1) is 14.2. The zero-order chi connectivity index (χ0) is 20.1. The van der Waals surface area contributed by atoms with Gasteiger partial charge in [0.25, 0.3) is 0 Å². The van der Waals surface area contributed by atoms with Gasteiger partial charge in [0.2, 0.25) is 0 Å². The van der Waals surface area contributed by atoms with E-state index in [2.05, 4.69) is 59.3 Å². The first kappa shape index (κ1) is 20.2. The molecule has 0 atom stereocenters. The maximum atomic E-state index is 12.8. The molecular weight excluding hydrogens is 356 g/mol. The van der Waals surface area contributed by atoms with Gasteiger partial charge in [0.15, 0.2) is 5.78 Å². The fraction of sp³-hybridized carbons (Fsp3) is 0.500. The van der Waals surface area contributed by atoms with Crippen LogP contribution in [0.25, 0.3) is 0 Å². The van der Waals surface area contributed by atoms with Crippen LogP contribution in [-0.2, 0) is 12.8 Å². The summed E-state index contributed by atoms with van der Waals surface area (Å²) in [6, 6.07) is 17.1. The Morgan fingerprint density at radius 3 is 2.62 bits per heavy atom. The van der Waals surface area contributed by atoms with Crippen molar-refractivity contribution < 1.29 is 4.79 Å². The van der Waals surface area contributed by atoms with Crippen LogP contribution in [0.3, 0.4) is 0 Å². The summed E-state index contributed by atoms with van der Waals surface area (Å²) in [7, 11) is 2.14. The molecule has 2 aromatic carbocycles. The molecule has 4 rings (SSSR count). The van der Waals surface area contributed by atoms with Crippen LogP contribution in [-0.4, -0.2) is 43.9 Å². The average molecular weight is 391 g/mol. The molecule has 154 valence electrons. The maximum Gasteiger partial charge on any atom is 0.162 e. The molecule has 0 N–H and O–H groups in total. The molecule has 0 bridgehead atoms. The Morgan fingerprint density at radius 1 is 1.03 bits per heavy atom. The quantitative estimate of drug-likeness (QED) is 0.623. The Labute approximate surface area is 175 Å². The number of piperidine rings is 1. The summed E-state index contributed by atoms with van der Waals surface area (Å²) in [4.78, 5) is 17.6. The van der Waals surface area contributed by atoms with E-state index in [-0.39, 0.29) is 0 Å². The number of aryl methyl sites for hydroxylation is 1. The monoisotopic (exact) mass is 390 g/mol. The van der Waals surface area contributed by atoms with Gasteiger partial charge in [-0.05, 0) is 86.9 Å². The van der Waals surface area contributed by atoms with E-state index < -0.39 is 0 Å². The lowest BCUT2D eigenvalue weighted by Gasteiger charge is -2.32. The van der Waals surface area contributed by atoms with Gasteiger partial charge >= 0.3 is 0 Å². The molecule has 2 aromatic rings. The molecule has 0 radical (unpaired) electrons. The lowest BCUT2D eigenvalue weighted by Crippen LogP contribution is -2.35. The number of ketones is 1. The Hall–Kier alpha value is -2.13. The second-order valence-corrected chi connectivity index (χ2v) is 8.85. The minimum atomic E-state index is 0.326. The highest BCUT2D eigenvalue weighted by Crippen LogP contribution is 2.28. The van der Waals surface area contributed by atoms with Crippen molar-refractivity contribution >= 4 is 11.5 Å². The normalized spacial score (nSPS) is 17.9. The molecule has 2 heterocycles. The van der Waals surface area contributed by atoms with Crippen molar-refractivity contribution in [1.29, 1.82) is 0 Å². The first-order valence-corrected chi connectivity index (χ1v) is 11.3. The van der Waals surface area contributed by atoms with Crippen molar-refractivity contribution in [3.05, 3.63) is 65.2 Å². The van der Waals surface area contributed by atoms with Crippen LogP contribution in [0.5, 0.6) is 0 Å². The standard InChI is InChI=1S/C26H34N2O/c1-27-16-5-8-23-20-24(10-11-25(23)27)26(29)12-9-22-14-18-28(19-15-22)17-13-21-6-3-2-4-7-21/h2-4,6-7,10-11,20,22H,5,8-9,12-19H2,1H3. The second kappa shape index (κ2) is 9.58. The molecule has 1 fully saturated rings. The summed E-state index contributed by atoms with van der Waals surface area (Å²) in [5.74, 6) is 1.03. The molecule has 3 heteroatoms. The first-order valence-electron chi connectivity index (χ1n) is 11.3. The smallest absolute Gasteiger partial charge is 0.162 e. The molecular formula is C26H34N2O. The number of hydrogen-bond donors (Lipinski definition) is 0. The third-order valence-corrected chi connectivity index (χ3v) is 6.80. The number of rotatable bonds is 7. The van der Waals surface area contributed by atoms with Gasteiger partial charge < -0.3 is 9.80 Å². The molecule has 0 aromatic heterocycles. The Morgan fingerprint density at radius 2 is 1.83 bits per heavy atom. The number of carbonyl (C=O) groups excluding carboxylic acids is 1. The van der Waals surface area contributed by atoms with E-state index in [0.29, 0.717) is 18.1 Å². The number of likely N-dealkylation sites (tertiary alicyclic amines) is 1. The lowest BCUT2D eigenvalue weighted by molar-refractivity contribution is 0.0962. The SMILES string of the molecule is CN1CCCc2cc(C(=O)CCC3CCN(CCc4ccccc4)CC3)ccc21. The van der Waals surface area contributed by atoms with Gasteiger partial charge in [-0.2, -0.15) is 0 Å². The molecule has 0 amide bonds. The molecule has 0 aliphatic carbocycles. The number of hydrogen-bond acceptors (Lipinski definition) is 3. The molecule has 3 nitrogen and oxygen atoms in total. The maximum absolute atomic E-state index is 12.8. The van der Waals surface area contributed by atoms with Crippen LogP contribution in [0.1, 0.15) is 53.6 Å². The average Bonchev–Trinajstić information content (AvgIpc) is 2.77. The molecule has 0 unspecified atom stereocenters. The van der Waals surface area contributed by atoms with Crippen molar-refractivity contribution in [3.63, 3.8) is 0 Å². The van der Waals surface area contributed by atoms with E-state index in [9.17, 15) is 4.79 Å². The van der Waals surface area contributed by atoms with E-state index in [1.54, 1.807) is 0 Å². The van der Waals surface area contributed by atoms with Crippen LogP contribution in [0.15, 0.2) is 48.5 Å². The second-order valence-electron chi connectivity index (χ2n) is 8.85. The molecule has 2 aliphatic rings. The Kier molecular flexibility index (Phi) is 6.66. The number of anilines is 1. The molecule has 0 spiro atoms. The number of nitrogens with zero attached hydrogens (tertiary/aromatic N) is 2. The minimum Gasteiger partial charge on any atom is -0.374 e. The number of fused-ring (bicyclic) bond motifs is 1. The highest BCUT2D eigenvalue weighted by Gasteiger charge is 2.21. The zero-order valence-corrected chi connectivity index (χ0v) is 17.8. The largest absolute Gasteiger partial charge is 0.374 e. The molecule has 1 saturated heterocycles. The van der Waals surface area contributed by atoms with E-state index in [1.165, 1.54) is 49.2 Å². The van der Waals surface area contributed by atoms with Crippen LogP contribution in [0, 0.1) is 5.92 Å². The highest BCUT2D eigenvalue weighted by molar-refractivity contribution is 5.96. The molecule has 2 aliphatic heterocycles. The van der Waals surface area contributed by atoms with Gasteiger partial charge in [-0.3, -0.25) is 4.79 Å². The van der Waals surface area contributed by atoms with E-state index >= 15 is 0 Å². The Bertz CT molecular complexity index is 809. The van der Waals surface area contributed by atoms with E-state index in [0.717, 1.165) is 37.9 Å². The summed E-state index contributed by atoms with van der Waals surface area (Å²) in [5.41, 5.74) is 4.99. The summed E-state index contributed by atoms with van der Waals surface area (Å²) < 4.78 is 0. The van der Waals surface area contributed by atoms with Gasteiger partial charge in [-0.1, -0.05) is 30.3 Å². The van der Waals surface area contributed by atoms with E-state index in [4.69, 9.17) is 0 Å². The fourth-order valence-corrected chi connectivity index (χ4v) is 4.87. The lowest BCUT2D eigenvalue weighted by atomic mass is 9.89. The van der Waals surface area contributed by atoms with Crippen molar-refractivity contribution in [1.82, 2.24) is 4.90 Å². The Balaban J connectivity index is 1.21. The minimum absolute atomic E-state index is 0.326. The van der Waals surface area contributed by atoms with Gasteiger partial charge in [0.1, 0.15) is 0 Å². The van der Waals surface area contributed by atoms with E-state index in [1.807, 2.05) is 6.07 Å². The van der Waals surface area contributed by atoms with Crippen molar-refractivity contribution in [2.24, 2.45) is 5.92 Å². The van der Waals surface area contributed by atoms with Crippen molar-refractivity contribution in [2.45, 2.75) is 44.9 Å². The summed E-state index contributed by atoms with van der Waals surface area (Å²) in [6.07, 6.45) is 7.63. The number of carbonyl (C=O) groups is 1. The number of Topliss-reactive ketones (excluding diaryl/α,β-unsaturated/α-hetero) is 1. The van der Waals surface area contributed by atoms with Crippen molar-refractivity contribution in [3.8, 4) is 0 Å². The predicted molar refractivity (Wildman–Crippen MR) is 121 cm³/mol. The van der Waals surface area contributed by atoms with Gasteiger partial charge in [0.05, 0.1) is 0 Å². The van der Waals surface area contributed by atoms with Crippen molar-refractivity contribution in [2.75, 3.05) is 38.1 Å².